The molecule has 112 valence electrons. The first-order chi connectivity index (χ1) is 9.88. The molecule has 0 bridgehead atoms. The van der Waals surface area contributed by atoms with Crippen molar-refractivity contribution in [2.45, 2.75) is 24.4 Å². The summed E-state index contributed by atoms with van der Waals surface area (Å²) >= 11 is 6.10. The van der Waals surface area contributed by atoms with Crippen LogP contribution >= 0.6 is 11.6 Å². The second-order valence-electron chi connectivity index (χ2n) is 4.81. The monoisotopic (exact) mass is 324 g/mol. The van der Waals surface area contributed by atoms with Crippen LogP contribution in [0.25, 0.3) is 0 Å². The maximum Gasteiger partial charge on any atom is 0.238 e. The minimum atomic E-state index is -3.64. The van der Waals surface area contributed by atoms with Crippen molar-refractivity contribution in [2.24, 2.45) is 5.14 Å². The van der Waals surface area contributed by atoms with Crippen LogP contribution in [0.1, 0.15) is 24.1 Å². The molecule has 1 unspecified atom stereocenters. The number of nitrogens with one attached hydrogen (secondary N) is 1. The third-order valence-corrected chi connectivity index (χ3v) is 4.56. The Morgan fingerprint density at radius 2 is 1.76 bits per heavy atom. The summed E-state index contributed by atoms with van der Waals surface area (Å²) in [5.74, 6) is 0. The molecule has 2 aromatic rings. The molecule has 2 rings (SSSR count). The number of halogens is 1. The van der Waals surface area contributed by atoms with Gasteiger partial charge in [-0.15, -0.1) is 0 Å². The lowest BCUT2D eigenvalue weighted by molar-refractivity contribution is 0.574. The number of benzene rings is 2. The van der Waals surface area contributed by atoms with E-state index >= 15 is 0 Å². The average Bonchev–Trinajstić information content (AvgIpc) is 2.45. The summed E-state index contributed by atoms with van der Waals surface area (Å²) in [5.41, 5.74) is 2.00. The summed E-state index contributed by atoms with van der Waals surface area (Å²) < 4.78 is 22.4. The Morgan fingerprint density at radius 1 is 1.14 bits per heavy atom. The van der Waals surface area contributed by atoms with Crippen LogP contribution < -0.4 is 10.5 Å². The molecular weight excluding hydrogens is 308 g/mol. The smallest absolute Gasteiger partial charge is 0.238 e. The molecule has 0 saturated heterocycles. The zero-order valence-electron chi connectivity index (χ0n) is 11.6. The van der Waals surface area contributed by atoms with E-state index in [-0.39, 0.29) is 10.9 Å². The van der Waals surface area contributed by atoms with E-state index in [9.17, 15) is 8.42 Å². The summed E-state index contributed by atoms with van der Waals surface area (Å²) in [6.45, 7) is 2.64. The predicted molar refractivity (Wildman–Crippen MR) is 84.5 cm³/mol. The highest BCUT2D eigenvalue weighted by atomic mass is 35.5. The van der Waals surface area contributed by atoms with Gasteiger partial charge >= 0.3 is 0 Å². The SMILES string of the molecule is CC(NCc1ccccc1Cl)c1ccc(S(N)(=O)=O)cc1. The average molecular weight is 325 g/mol. The van der Waals surface area contributed by atoms with E-state index in [1.807, 2.05) is 31.2 Å². The fourth-order valence-electron chi connectivity index (χ4n) is 1.97. The summed E-state index contributed by atoms with van der Waals surface area (Å²) in [4.78, 5) is 0.115. The number of nitrogens with two attached hydrogens (primary N) is 1. The van der Waals surface area contributed by atoms with E-state index in [2.05, 4.69) is 5.32 Å². The van der Waals surface area contributed by atoms with Crippen molar-refractivity contribution in [3.63, 3.8) is 0 Å². The number of sulfonamides is 1. The maximum atomic E-state index is 11.2. The van der Waals surface area contributed by atoms with Gasteiger partial charge in [0, 0.05) is 17.6 Å². The second-order valence-corrected chi connectivity index (χ2v) is 6.78. The summed E-state index contributed by atoms with van der Waals surface area (Å²) in [7, 11) is -3.64. The van der Waals surface area contributed by atoms with Crippen LogP contribution in [0.3, 0.4) is 0 Å². The van der Waals surface area contributed by atoms with Gasteiger partial charge in [-0.2, -0.15) is 0 Å². The van der Waals surface area contributed by atoms with Crippen molar-refractivity contribution in [3.05, 3.63) is 64.7 Å². The number of hydrogen-bond donors (Lipinski definition) is 2. The van der Waals surface area contributed by atoms with Crippen LogP contribution in [0.15, 0.2) is 53.4 Å². The van der Waals surface area contributed by atoms with Gasteiger partial charge in [-0.3, -0.25) is 0 Å². The number of primary sulfonamides is 1. The maximum absolute atomic E-state index is 11.2. The van der Waals surface area contributed by atoms with Gasteiger partial charge in [0.2, 0.25) is 10.0 Å². The molecule has 1 atom stereocenters. The van der Waals surface area contributed by atoms with Gasteiger partial charge in [0.25, 0.3) is 0 Å². The first-order valence-electron chi connectivity index (χ1n) is 6.47. The molecule has 4 nitrogen and oxygen atoms in total. The lowest BCUT2D eigenvalue weighted by atomic mass is 10.1. The van der Waals surface area contributed by atoms with Crippen LogP contribution in [0.4, 0.5) is 0 Å². The van der Waals surface area contributed by atoms with Crippen LogP contribution in [0, 0.1) is 0 Å². The molecule has 0 aliphatic carbocycles. The minimum Gasteiger partial charge on any atom is -0.306 e. The van der Waals surface area contributed by atoms with E-state index in [0.29, 0.717) is 6.54 Å². The fourth-order valence-corrected chi connectivity index (χ4v) is 2.69. The van der Waals surface area contributed by atoms with Crippen molar-refractivity contribution in [1.29, 1.82) is 0 Å². The molecule has 6 heteroatoms. The van der Waals surface area contributed by atoms with Gasteiger partial charge in [-0.25, -0.2) is 13.6 Å². The molecule has 0 aliphatic rings. The lowest BCUT2D eigenvalue weighted by Crippen LogP contribution is -2.18. The fraction of sp³-hybridized carbons (Fsp3) is 0.200. The quantitative estimate of drug-likeness (QED) is 0.888. The first-order valence-corrected chi connectivity index (χ1v) is 8.40. The first kappa shape index (κ1) is 16.0. The highest BCUT2D eigenvalue weighted by Gasteiger charge is 2.10. The van der Waals surface area contributed by atoms with Gasteiger partial charge in [-0.1, -0.05) is 41.9 Å². The summed E-state index contributed by atoms with van der Waals surface area (Å²) in [6.07, 6.45) is 0. The largest absolute Gasteiger partial charge is 0.306 e. The zero-order valence-corrected chi connectivity index (χ0v) is 13.2. The van der Waals surface area contributed by atoms with Crippen LogP contribution in [-0.2, 0) is 16.6 Å². The van der Waals surface area contributed by atoms with Crippen LogP contribution in [-0.4, -0.2) is 8.42 Å². The standard InChI is InChI=1S/C15H17ClN2O2S/c1-11(18-10-13-4-2-3-5-15(13)16)12-6-8-14(9-7-12)21(17,19)20/h2-9,11,18H,10H2,1H3,(H2,17,19,20). The molecule has 0 radical (unpaired) electrons. The van der Waals surface area contributed by atoms with E-state index in [1.165, 1.54) is 12.1 Å². The molecule has 0 saturated carbocycles. The topological polar surface area (TPSA) is 72.2 Å². The van der Waals surface area contributed by atoms with Gasteiger partial charge in [0.1, 0.15) is 0 Å². The highest BCUT2D eigenvalue weighted by molar-refractivity contribution is 7.89. The third kappa shape index (κ3) is 4.28. The summed E-state index contributed by atoms with van der Waals surface area (Å²) in [6, 6.07) is 14.2. The van der Waals surface area contributed by atoms with E-state index in [4.69, 9.17) is 16.7 Å². The summed E-state index contributed by atoms with van der Waals surface area (Å²) in [5, 5.41) is 9.15. The molecule has 0 spiro atoms. The molecule has 0 heterocycles. The van der Waals surface area contributed by atoms with Crippen LogP contribution in [0.5, 0.6) is 0 Å². The van der Waals surface area contributed by atoms with Gasteiger partial charge in [-0.05, 0) is 36.2 Å². The number of hydrogen-bond acceptors (Lipinski definition) is 3. The normalized spacial score (nSPS) is 13.1. The number of rotatable bonds is 5. The Balaban J connectivity index is 2.04. The molecule has 0 fully saturated rings. The van der Waals surface area contributed by atoms with Crippen molar-refractivity contribution in [1.82, 2.24) is 5.32 Å². The Morgan fingerprint density at radius 3 is 2.33 bits per heavy atom. The highest BCUT2D eigenvalue weighted by Crippen LogP contribution is 2.18. The van der Waals surface area contributed by atoms with Crippen molar-refractivity contribution in [3.8, 4) is 0 Å². The van der Waals surface area contributed by atoms with E-state index in [0.717, 1.165) is 16.1 Å². The van der Waals surface area contributed by atoms with E-state index in [1.54, 1.807) is 12.1 Å². The Labute approximate surface area is 130 Å². The molecule has 0 aromatic heterocycles. The molecular formula is C15H17ClN2O2S. The Hall–Kier alpha value is -1.40. The molecule has 2 aromatic carbocycles. The van der Waals surface area contributed by atoms with Gasteiger partial charge < -0.3 is 5.32 Å². The minimum absolute atomic E-state index is 0.0656. The zero-order chi connectivity index (χ0) is 15.5. The van der Waals surface area contributed by atoms with Crippen molar-refractivity contribution < 1.29 is 8.42 Å². The van der Waals surface area contributed by atoms with Crippen molar-refractivity contribution in [2.75, 3.05) is 0 Å². The van der Waals surface area contributed by atoms with Gasteiger partial charge in [0.15, 0.2) is 0 Å². The Kier molecular flexibility index (Phi) is 5.00. The molecule has 21 heavy (non-hydrogen) atoms. The molecule has 0 aliphatic heterocycles. The molecule has 0 amide bonds. The Bertz CT molecular complexity index is 715. The second kappa shape index (κ2) is 6.58. The molecule has 3 N–H and O–H groups in total. The van der Waals surface area contributed by atoms with Crippen molar-refractivity contribution >= 4 is 21.6 Å². The third-order valence-electron chi connectivity index (χ3n) is 3.27. The van der Waals surface area contributed by atoms with Gasteiger partial charge in [0.05, 0.1) is 4.90 Å². The predicted octanol–water partition coefficient (Wildman–Crippen LogP) is 2.84. The van der Waals surface area contributed by atoms with E-state index < -0.39 is 10.0 Å². The lowest BCUT2D eigenvalue weighted by Gasteiger charge is -2.15. The van der Waals surface area contributed by atoms with Crippen LogP contribution in [0.2, 0.25) is 5.02 Å².